The Morgan fingerprint density at radius 1 is 1.29 bits per heavy atom. The zero-order chi connectivity index (χ0) is 15.1. The van der Waals surface area contributed by atoms with Crippen LogP contribution in [-0.2, 0) is 6.54 Å². The molecule has 0 aromatic carbocycles. The monoisotopic (exact) mass is 305 g/mol. The first-order valence-electron chi connectivity index (χ1n) is 7.44. The molecule has 2 atom stereocenters. The first-order chi connectivity index (χ1) is 9.94. The number of anilines is 1. The Bertz CT molecular complexity index is 656. The molecule has 2 aromatic heterocycles. The molecular formula is C15H23N5S. The third-order valence-electron chi connectivity index (χ3n) is 4.24. The average Bonchev–Trinajstić information content (AvgIpc) is 2.63. The van der Waals surface area contributed by atoms with E-state index in [-0.39, 0.29) is 6.04 Å². The third kappa shape index (κ3) is 2.88. The van der Waals surface area contributed by atoms with Gasteiger partial charge in [-0.25, -0.2) is 9.97 Å². The Morgan fingerprint density at radius 3 is 2.76 bits per heavy atom. The van der Waals surface area contributed by atoms with Crippen LogP contribution in [0.2, 0.25) is 0 Å². The normalized spacial score (nSPS) is 23.8. The van der Waals surface area contributed by atoms with E-state index in [1.54, 1.807) is 11.3 Å². The molecule has 1 aliphatic heterocycles. The molecule has 0 aliphatic carbocycles. The number of hydrogen-bond donors (Lipinski definition) is 2. The second-order valence-corrected chi connectivity index (χ2v) is 7.49. The van der Waals surface area contributed by atoms with Gasteiger partial charge in [0.05, 0.1) is 11.9 Å². The minimum Gasteiger partial charge on any atom is -0.383 e. The van der Waals surface area contributed by atoms with E-state index < -0.39 is 0 Å². The zero-order valence-electron chi connectivity index (χ0n) is 12.9. The number of aryl methyl sites for hydroxylation is 2. The van der Waals surface area contributed by atoms with Crippen LogP contribution in [0.25, 0.3) is 10.2 Å². The van der Waals surface area contributed by atoms with E-state index in [2.05, 4.69) is 30.7 Å². The summed E-state index contributed by atoms with van der Waals surface area (Å²) in [7, 11) is 0. The Morgan fingerprint density at radius 2 is 2.05 bits per heavy atom. The number of piperidine rings is 1. The van der Waals surface area contributed by atoms with Gasteiger partial charge in [-0.1, -0.05) is 6.92 Å². The Labute approximate surface area is 129 Å². The first kappa shape index (κ1) is 14.7. The number of nitrogen functional groups attached to an aromatic ring is 1. The molecular weight excluding hydrogens is 282 g/mol. The van der Waals surface area contributed by atoms with Crippen molar-refractivity contribution in [2.75, 3.05) is 18.8 Å². The zero-order valence-corrected chi connectivity index (χ0v) is 13.7. The lowest BCUT2D eigenvalue weighted by Gasteiger charge is -2.34. The molecule has 6 heteroatoms. The van der Waals surface area contributed by atoms with Gasteiger partial charge in [0.25, 0.3) is 0 Å². The summed E-state index contributed by atoms with van der Waals surface area (Å²) in [6, 6.07) is 0.251. The van der Waals surface area contributed by atoms with Gasteiger partial charge in [-0.05, 0) is 31.7 Å². The number of hydrogen-bond acceptors (Lipinski definition) is 6. The standard InChI is InChI=1S/C15H23N5S/c1-8-4-11(16)6-20(5-8)7-12-18-14(17)13-9(2)10(3)21-15(13)19-12/h8,11H,4-7,16H2,1-3H3,(H2,17,18,19). The Kier molecular flexibility index (Phi) is 3.86. The number of nitrogens with two attached hydrogens (primary N) is 2. The summed E-state index contributed by atoms with van der Waals surface area (Å²) < 4.78 is 0. The van der Waals surface area contributed by atoms with E-state index in [0.717, 1.165) is 42.1 Å². The fraction of sp³-hybridized carbons (Fsp3) is 0.600. The molecule has 2 aromatic rings. The molecule has 2 unspecified atom stereocenters. The van der Waals surface area contributed by atoms with E-state index in [9.17, 15) is 0 Å². The lowest BCUT2D eigenvalue weighted by atomic mass is 9.97. The van der Waals surface area contributed by atoms with Crippen molar-refractivity contribution in [1.82, 2.24) is 14.9 Å². The number of nitrogens with zero attached hydrogens (tertiary/aromatic N) is 3. The van der Waals surface area contributed by atoms with Crippen LogP contribution in [0.5, 0.6) is 0 Å². The highest BCUT2D eigenvalue weighted by molar-refractivity contribution is 7.18. The fourth-order valence-electron chi connectivity index (χ4n) is 3.24. The second kappa shape index (κ2) is 5.51. The summed E-state index contributed by atoms with van der Waals surface area (Å²) in [5.41, 5.74) is 13.5. The lowest BCUT2D eigenvalue weighted by Crippen LogP contribution is -2.46. The Hall–Kier alpha value is -1.24. The highest BCUT2D eigenvalue weighted by atomic mass is 32.1. The van der Waals surface area contributed by atoms with Gasteiger partial charge in [0.2, 0.25) is 0 Å². The molecule has 0 spiro atoms. The fourth-order valence-corrected chi connectivity index (χ4v) is 4.30. The molecule has 1 saturated heterocycles. The second-order valence-electron chi connectivity index (χ2n) is 6.28. The number of aromatic nitrogens is 2. The molecule has 0 saturated carbocycles. The Balaban J connectivity index is 1.87. The van der Waals surface area contributed by atoms with Gasteiger partial charge in [-0.2, -0.15) is 0 Å². The van der Waals surface area contributed by atoms with Crippen molar-refractivity contribution in [2.45, 2.75) is 39.8 Å². The summed E-state index contributed by atoms with van der Waals surface area (Å²) in [6.45, 7) is 9.13. The maximum absolute atomic E-state index is 6.14. The van der Waals surface area contributed by atoms with Crippen LogP contribution in [0, 0.1) is 19.8 Å². The van der Waals surface area contributed by atoms with Gasteiger partial charge >= 0.3 is 0 Å². The van der Waals surface area contributed by atoms with Gasteiger partial charge in [0, 0.05) is 24.0 Å². The average molecular weight is 305 g/mol. The minimum atomic E-state index is 0.251. The number of fused-ring (bicyclic) bond motifs is 1. The van der Waals surface area contributed by atoms with Crippen LogP contribution < -0.4 is 11.5 Å². The number of rotatable bonds is 2. The maximum atomic E-state index is 6.14. The summed E-state index contributed by atoms with van der Waals surface area (Å²) in [5.74, 6) is 2.04. The molecule has 4 N–H and O–H groups in total. The van der Waals surface area contributed by atoms with Gasteiger partial charge in [0.15, 0.2) is 0 Å². The summed E-state index contributed by atoms with van der Waals surface area (Å²) in [5, 5.41) is 1.02. The summed E-state index contributed by atoms with van der Waals surface area (Å²) in [4.78, 5) is 13.8. The van der Waals surface area contributed by atoms with Crippen molar-refractivity contribution in [3.63, 3.8) is 0 Å². The van der Waals surface area contributed by atoms with Gasteiger partial charge in [0.1, 0.15) is 16.5 Å². The van der Waals surface area contributed by atoms with E-state index in [1.807, 2.05) is 0 Å². The van der Waals surface area contributed by atoms with Crippen molar-refractivity contribution < 1.29 is 0 Å². The SMILES string of the molecule is Cc1sc2nc(CN3CC(C)CC(N)C3)nc(N)c2c1C. The van der Waals surface area contributed by atoms with E-state index in [0.29, 0.717) is 11.7 Å². The van der Waals surface area contributed by atoms with Crippen LogP contribution in [0.1, 0.15) is 29.6 Å². The predicted octanol–water partition coefficient (Wildman–Crippen LogP) is 2.06. The van der Waals surface area contributed by atoms with E-state index in [4.69, 9.17) is 16.5 Å². The van der Waals surface area contributed by atoms with Gasteiger partial charge in [-0.3, -0.25) is 4.90 Å². The lowest BCUT2D eigenvalue weighted by molar-refractivity contribution is 0.155. The number of likely N-dealkylation sites (tertiary alicyclic amines) is 1. The van der Waals surface area contributed by atoms with Crippen LogP contribution in [-0.4, -0.2) is 34.0 Å². The highest BCUT2D eigenvalue weighted by Crippen LogP contribution is 2.32. The van der Waals surface area contributed by atoms with Gasteiger partial charge < -0.3 is 11.5 Å². The van der Waals surface area contributed by atoms with E-state index in [1.165, 1.54) is 10.4 Å². The van der Waals surface area contributed by atoms with Crippen molar-refractivity contribution in [3.8, 4) is 0 Å². The van der Waals surface area contributed by atoms with E-state index >= 15 is 0 Å². The topological polar surface area (TPSA) is 81.1 Å². The largest absolute Gasteiger partial charge is 0.383 e. The van der Waals surface area contributed by atoms with Crippen LogP contribution in [0.4, 0.5) is 5.82 Å². The predicted molar refractivity (Wildman–Crippen MR) is 88.3 cm³/mol. The first-order valence-corrected chi connectivity index (χ1v) is 8.25. The molecule has 5 nitrogen and oxygen atoms in total. The minimum absolute atomic E-state index is 0.251. The summed E-state index contributed by atoms with van der Waals surface area (Å²) >= 11 is 1.70. The molecule has 0 radical (unpaired) electrons. The van der Waals surface area contributed by atoms with Gasteiger partial charge in [-0.15, -0.1) is 11.3 Å². The quantitative estimate of drug-likeness (QED) is 0.887. The molecule has 0 amide bonds. The van der Waals surface area contributed by atoms with Crippen LogP contribution in [0.15, 0.2) is 0 Å². The molecule has 114 valence electrons. The van der Waals surface area contributed by atoms with Crippen molar-refractivity contribution in [1.29, 1.82) is 0 Å². The molecule has 3 rings (SSSR count). The van der Waals surface area contributed by atoms with Crippen LogP contribution >= 0.6 is 11.3 Å². The van der Waals surface area contributed by atoms with Crippen molar-refractivity contribution >= 4 is 27.4 Å². The number of thiophene rings is 1. The molecule has 21 heavy (non-hydrogen) atoms. The molecule has 1 fully saturated rings. The van der Waals surface area contributed by atoms with Crippen LogP contribution in [0.3, 0.4) is 0 Å². The molecule has 3 heterocycles. The third-order valence-corrected chi connectivity index (χ3v) is 5.34. The molecule has 0 bridgehead atoms. The highest BCUT2D eigenvalue weighted by Gasteiger charge is 2.23. The van der Waals surface area contributed by atoms with Crippen molar-refractivity contribution in [3.05, 3.63) is 16.3 Å². The summed E-state index contributed by atoms with van der Waals surface area (Å²) in [6.07, 6.45) is 1.10. The maximum Gasteiger partial charge on any atom is 0.146 e. The smallest absolute Gasteiger partial charge is 0.146 e. The van der Waals surface area contributed by atoms with Crippen molar-refractivity contribution in [2.24, 2.45) is 11.7 Å². The molecule has 1 aliphatic rings.